The number of anilines is 3. The van der Waals surface area contributed by atoms with Crippen LogP contribution in [-0.4, -0.2) is 10.9 Å². The Morgan fingerprint density at radius 3 is 2.55 bits per heavy atom. The van der Waals surface area contributed by atoms with Gasteiger partial charge in [0.1, 0.15) is 5.82 Å². The third-order valence-corrected chi connectivity index (χ3v) is 3.00. The lowest BCUT2D eigenvalue weighted by Gasteiger charge is -2.08. The molecule has 2 rings (SSSR count). The van der Waals surface area contributed by atoms with Crippen LogP contribution in [0.3, 0.4) is 0 Å². The molecule has 1 aromatic carbocycles. The molecule has 0 aliphatic carbocycles. The van der Waals surface area contributed by atoms with Crippen molar-refractivity contribution in [3.63, 3.8) is 0 Å². The van der Waals surface area contributed by atoms with E-state index in [-0.39, 0.29) is 5.91 Å². The lowest BCUT2D eigenvalue weighted by molar-refractivity contribution is -0.116. The van der Waals surface area contributed by atoms with Crippen LogP contribution >= 0.6 is 0 Å². The van der Waals surface area contributed by atoms with E-state index in [0.29, 0.717) is 23.6 Å². The maximum absolute atomic E-state index is 13.1. The van der Waals surface area contributed by atoms with Crippen LogP contribution < -0.4 is 10.6 Å². The Morgan fingerprint density at radius 1 is 1.14 bits per heavy atom. The number of nitrogens with zero attached hydrogens (tertiary/aromatic N) is 1. The summed E-state index contributed by atoms with van der Waals surface area (Å²) in [5, 5.41) is 5.60. The van der Waals surface area contributed by atoms with Gasteiger partial charge < -0.3 is 10.6 Å². The highest BCUT2D eigenvalue weighted by Crippen LogP contribution is 2.18. The number of carbonyl (C=O) groups is 1. The first-order valence-corrected chi connectivity index (χ1v) is 7.06. The molecule has 2 aromatic rings. The molecule has 0 spiro atoms. The van der Waals surface area contributed by atoms with E-state index in [2.05, 4.69) is 15.6 Å². The summed E-state index contributed by atoms with van der Waals surface area (Å²) in [4.78, 5) is 15.7. The number of halogens is 2. The zero-order valence-corrected chi connectivity index (χ0v) is 12.2. The molecule has 0 saturated heterocycles. The normalized spacial score (nSPS) is 10.3. The van der Waals surface area contributed by atoms with Crippen molar-refractivity contribution in [3.05, 3.63) is 48.2 Å². The molecular formula is C16H17F2N3O. The fourth-order valence-electron chi connectivity index (χ4n) is 1.82. The van der Waals surface area contributed by atoms with Gasteiger partial charge in [0.25, 0.3) is 0 Å². The highest BCUT2D eigenvalue weighted by atomic mass is 19.2. The summed E-state index contributed by atoms with van der Waals surface area (Å²) >= 11 is 0. The molecular weight excluding hydrogens is 288 g/mol. The highest BCUT2D eigenvalue weighted by molar-refractivity contribution is 5.90. The molecule has 0 atom stereocenters. The van der Waals surface area contributed by atoms with Gasteiger partial charge in [-0.2, -0.15) is 0 Å². The third kappa shape index (κ3) is 4.51. The summed E-state index contributed by atoms with van der Waals surface area (Å²) in [7, 11) is 0. The highest BCUT2D eigenvalue weighted by Gasteiger charge is 2.05. The van der Waals surface area contributed by atoms with Crippen molar-refractivity contribution in [1.82, 2.24) is 4.98 Å². The lowest BCUT2D eigenvalue weighted by Crippen LogP contribution is -2.11. The Labute approximate surface area is 127 Å². The van der Waals surface area contributed by atoms with Crippen LogP contribution in [0.25, 0.3) is 0 Å². The maximum atomic E-state index is 13.1. The molecule has 0 fully saturated rings. The van der Waals surface area contributed by atoms with Crippen molar-refractivity contribution in [2.45, 2.75) is 26.2 Å². The van der Waals surface area contributed by atoms with E-state index in [4.69, 9.17) is 0 Å². The number of hydrogen-bond acceptors (Lipinski definition) is 3. The van der Waals surface area contributed by atoms with E-state index in [1.54, 1.807) is 12.1 Å². The molecule has 4 nitrogen and oxygen atoms in total. The van der Waals surface area contributed by atoms with E-state index in [1.807, 2.05) is 6.92 Å². The van der Waals surface area contributed by atoms with Gasteiger partial charge in [-0.15, -0.1) is 0 Å². The van der Waals surface area contributed by atoms with Gasteiger partial charge in [-0.1, -0.05) is 13.3 Å². The molecule has 6 heteroatoms. The molecule has 0 saturated carbocycles. The Balaban J connectivity index is 1.96. The van der Waals surface area contributed by atoms with Crippen LogP contribution in [0.15, 0.2) is 36.5 Å². The van der Waals surface area contributed by atoms with Gasteiger partial charge in [-0.3, -0.25) is 4.79 Å². The Kier molecular flexibility index (Phi) is 5.41. The van der Waals surface area contributed by atoms with Gasteiger partial charge >= 0.3 is 0 Å². The minimum atomic E-state index is -0.926. The molecule has 0 radical (unpaired) electrons. The van der Waals surface area contributed by atoms with Crippen LogP contribution in [0, 0.1) is 11.6 Å². The Morgan fingerprint density at radius 2 is 1.91 bits per heavy atom. The molecule has 0 unspecified atom stereocenters. The third-order valence-electron chi connectivity index (χ3n) is 3.00. The van der Waals surface area contributed by atoms with Crippen molar-refractivity contribution >= 4 is 23.1 Å². The fourth-order valence-corrected chi connectivity index (χ4v) is 1.82. The standard InChI is InChI=1S/C16H17F2N3O/c1-2-3-4-16(22)21-12-6-8-15(19-10-12)20-11-5-7-13(17)14(18)9-11/h5-10H,2-4H2,1H3,(H,19,20)(H,21,22). The molecule has 0 bridgehead atoms. The van der Waals surface area contributed by atoms with Crippen LogP contribution in [0.4, 0.5) is 26.0 Å². The molecule has 1 aromatic heterocycles. The molecule has 0 aliphatic heterocycles. The number of amides is 1. The number of nitrogens with one attached hydrogen (secondary N) is 2. The van der Waals surface area contributed by atoms with E-state index < -0.39 is 11.6 Å². The molecule has 2 N–H and O–H groups in total. The molecule has 1 heterocycles. The van der Waals surface area contributed by atoms with Crippen molar-refractivity contribution < 1.29 is 13.6 Å². The summed E-state index contributed by atoms with van der Waals surface area (Å²) in [6.45, 7) is 2.02. The predicted molar refractivity (Wildman–Crippen MR) is 82.0 cm³/mol. The number of benzene rings is 1. The summed E-state index contributed by atoms with van der Waals surface area (Å²) in [5.41, 5.74) is 0.989. The van der Waals surface area contributed by atoms with Crippen LogP contribution in [0.2, 0.25) is 0 Å². The molecule has 0 aliphatic rings. The van der Waals surface area contributed by atoms with Gasteiger partial charge in [0, 0.05) is 18.2 Å². The summed E-state index contributed by atoms with van der Waals surface area (Å²) < 4.78 is 26.0. The number of unbranched alkanes of at least 4 members (excludes halogenated alkanes) is 1. The van der Waals surface area contributed by atoms with Gasteiger partial charge in [0.2, 0.25) is 5.91 Å². The second-order valence-electron chi connectivity index (χ2n) is 4.84. The van der Waals surface area contributed by atoms with Crippen LogP contribution in [-0.2, 0) is 4.79 Å². The van der Waals surface area contributed by atoms with Crippen LogP contribution in [0.1, 0.15) is 26.2 Å². The lowest BCUT2D eigenvalue weighted by atomic mass is 10.2. The zero-order chi connectivity index (χ0) is 15.9. The first-order chi connectivity index (χ1) is 10.6. The molecule has 116 valence electrons. The van der Waals surface area contributed by atoms with E-state index in [0.717, 1.165) is 25.0 Å². The number of pyridine rings is 1. The number of rotatable bonds is 6. The first-order valence-electron chi connectivity index (χ1n) is 7.06. The van der Waals surface area contributed by atoms with Crippen molar-refractivity contribution in [2.75, 3.05) is 10.6 Å². The second kappa shape index (κ2) is 7.49. The zero-order valence-electron chi connectivity index (χ0n) is 12.2. The minimum absolute atomic E-state index is 0.0510. The second-order valence-corrected chi connectivity index (χ2v) is 4.84. The van der Waals surface area contributed by atoms with E-state index >= 15 is 0 Å². The summed E-state index contributed by atoms with van der Waals surface area (Å²) in [6.07, 6.45) is 3.79. The van der Waals surface area contributed by atoms with Gasteiger partial charge in [0.15, 0.2) is 11.6 Å². The number of aromatic nitrogens is 1. The fraction of sp³-hybridized carbons (Fsp3) is 0.250. The topological polar surface area (TPSA) is 54.0 Å². The Bertz CT molecular complexity index is 644. The SMILES string of the molecule is CCCCC(=O)Nc1ccc(Nc2ccc(F)c(F)c2)nc1. The largest absolute Gasteiger partial charge is 0.340 e. The summed E-state index contributed by atoms with van der Waals surface area (Å²) in [5.74, 6) is -1.41. The smallest absolute Gasteiger partial charge is 0.224 e. The number of hydrogen-bond donors (Lipinski definition) is 2. The average molecular weight is 305 g/mol. The minimum Gasteiger partial charge on any atom is -0.340 e. The van der Waals surface area contributed by atoms with Crippen LogP contribution in [0.5, 0.6) is 0 Å². The van der Waals surface area contributed by atoms with Gasteiger partial charge in [0.05, 0.1) is 11.9 Å². The maximum Gasteiger partial charge on any atom is 0.224 e. The first kappa shape index (κ1) is 15.9. The predicted octanol–water partition coefficient (Wildman–Crippen LogP) is 4.23. The quantitative estimate of drug-likeness (QED) is 0.839. The molecule has 22 heavy (non-hydrogen) atoms. The Hall–Kier alpha value is -2.50. The van der Waals surface area contributed by atoms with Gasteiger partial charge in [-0.05, 0) is 30.7 Å². The summed E-state index contributed by atoms with van der Waals surface area (Å²) in [6, 6.07) is 6.85. The van der Waals surface area contributed by atoms with E-state index in [9.17, 15) is 13.6 Å². The van der Waals surface area contributed by atoms with Gasteiger partial charge in [-0.25, -0.2) is 13.8 Å². The van der Waals surface area contributed by atoms with E-state index in [1.165, 1.54) is 12.3 Å². The monoisotopic (exact) mass is 305 g/mol. The molecule has 1 amide bonds. The average Bonchev–Trinajstić information content (AvgIpc) is 2.51. The number of carbonyl (C=O) groups excluding carboxylic acids is 1. The van der Waals surface area contributed by atoms with Crippen molar-refractivity contribution in [1.29, 1.82) is 0 Å². The van der Waals surface area contributed by atoms with Crippen molar-refractivity contribution in [2.24, 2.45) is 0 Å². The van der Waals surface area contributed by atoms with Crippen molar-refractivity contribution in [3.8, 4) is 0 Å².